The Hall–Kier alpha value is -1.35. The van der Waals surface area contributed by atoms with Crippen LogP contribution in [0.2, 0.25) is 0 Å². The maximum atomic E-state index is 12.0. The van der Waals surface area contributed by atoms with Gasteiger partial charge in [0.2, 0.25) is 0 Å². The molecule has 3 atom stereocenters. The minimum Gasteiger partial charge on any atom is -0.377 e. The van der Waals surface area contributed by atoms with E-state index < -0.39 is 0 Å². The molecule has 1 saturated carbocycles. The van der Waals surface area contributed by atoms with Crippen molar-refractivity contribution in [2.45, 2.75) is 25.3 Å². The van der Waals surface area contributed by atoms with Crippen molar-refractivity contribution < 1.29 is 4.79 Å². The van der Waals surface area contributed by atoms with Crippen LogP contribution < -0.4 is 10.2 Å². The van der Waals surface area contributed by atoms with Crippen LogP contribution >= 0.6 is 0 Å². The molecule has 1 N–H and O–H groups in total. The molecule has 1 aromatic rings. The first-order valence-corrected chi connectivity index (χ1v) is 7.21. The molecule has 3 unspecified atom stereocenters. The standard InChI is InChI=1S/C16H22N2O/c1-18(2)14-8-4-3-6-12(14)16-11-7-5-9-15(19)13(11)10-17-16/h3-4,6,8,11,13,16-17H,5,7,9-10H2,1-2H3. The highest BCUT2D eigenvalue weighted by atomic mass is 16.1. The first kappa shape index (κ1) is 12.7. The van der Waals surface area contributed by atoms with E-state index in [4.69, 9.17) is 0 Å². The van der Waals surface area contributed by atoms with Crippen molar-refractivity contribution in [1.82, 2.24) is 5.32 Å². The van der Waals surface area contributed by atoms with Gasteiger partial charge in [0.05, 0.1) is 0 Å². The highest BCUT2D eigenvalue weighted by molar-refractivity contribution is 5.83. The van der Waals surface area contributed by atoms with Gasteiger partial charge in [-0.1, -0.05) is 18.2 Å². The number of hydrogen-bond donors (Lipinski definition) is 1. The van der Waals surface area contributed by atoms with Crippen LogP contribution in [0.5, 0.6) is 0 Å². The molecular weight excluding hydrogens is 236 g/mol. The van der Waals surface area contributed by atoms with Crippen LogP contribution in [0.1, 0.15) is 30.9 Å². The van der Waals surface area contributed by atoms with E-state index in [1.807, 2.05) is 0 Å². The van der Waals surface area contributed by atoms with E-state index in [2.05, 4.69) is 48.6 Å². The SMILES string of the molecule is CN(C)c1ccccc1C1NCC2C(=O)CCCC21. The summed E-state index contributed by atoms with van der Waals surface area (Å²) in [5.74, 6) is 1.20. The minimum absolute atomic E-state index is 0.244. The third-order valence-corrected chi connectivity index (χ3v) is 4.63. The summed E-state index contributed by atoms with van der Waals surface area (Å²) in [4.78, 5) is 14.2. The van der Waals surface area contributed by atoms with Crippen molar-refractivity contribution >= 4 is 11.5 Å². The Labute approximate surface area is 115 Å². The van der Waals surface area contributed by atoms with Gasteiger partial charge in [-0.15, -0.1) is 0 Å². The van der Waals surface area contributed by atoms with Crippen LogP contribution in [0.15, 0.2) is 24.3 Å². The highest BCUT2D eigenvalue weighted by Crippen LogP contribution is 2.43. The van der Waals surface area contributed by atoms with E-state index in [0.717, 1.165) is 19.4 Å². The fourth-order valence-corrected chi connectivity index (χ4v) is 3.71. The molecular formula is C16H22N2O. The van der Waals surface area contributed by atoms with Crippen molar-refractivity contribution in [3.63, 3.8) is 0 Å². The van der Waals surface area contributed by atoms with Gasteiger partial charge in [-0.05, 0) is 30.4 Å². The molecule has 0 amide bonds. The van der Waals surface area contributed by atoms with E-state index in [9.17, 15) is 4.79 Å². The van der Waals surface area contributed by atoms with Gasteiger partial charge >= 0.3 is 0 Å². The summed E-state index contributed by atoms with van der Waals surface area (Å²) in [5.41, 5.74) is 2.60. The van der Waals surface area contributed by atoms with Crippen LogP contribution in [0, 0.1) is 11.8 Å². The third-order valence-electron chi connectivity index (χ3n) is 4.63. The summed E-state index contributed by atoms with van der Waals surface area (Å²) in [6.07, 6.45) is 3.02. The number of hydrogen-bond acceptors (Lipinski definition) is 3. The summed E-state index contributed by atoms with van der Waals surface area (Å²) < 4.78 is 0. The summed E-state index contributed by atoms with van der Waals surface area (Å²) in [7, 11) is 4.16. The molecule has 19 heavy (non-hydrogen) atoms. The maximum absolute atomic E-state index is 12.0. The van der Waals surface area contributed by atoms with Gasteiger partial charge in [-0.25, -0.2) is 0 Å². The number of benzene rings is 1. The Bertz CT molecular complexity index is 483. The van der Waals surface area contributed by atoms with Crippen molar-refractivity contribution in [1.29, 1.82) is 0 Å². The molecule has 3 nitrogen and oxygen atoms in total. The molecule has 0 radical (unpaired) electrons. The number of fused-ring (bicyclic) bond motifs is 1. The second-order valence-corrected chi connectivity index (χ2v) is 5.97. The average Bonchev–Trinajstić information content (AvgIpc) is 2.84. The molecule has 0 bridgehead atoms. The molecule has 0 spiro atoms. The molecule has 1 aliphatic carbocycles. The van der Waals surface area contributed by atoms with Crippen molar-refractivity contribution in [3.8, 4) is 0 Å². The zero-order valence-corrected chi connectivity index (χ0v) is 11.7. The third kappa shape index (κ3) is 2.16. The quantitative estimate of drug-likeness (QED) is 0.884. The second kappa shape index (κ2) is 4.97. The minimum atomic E-state index is 0.244. The number of carbonyl (C=O) groups excluding carboxylic acids is 1. The van der Waals surface area contributed by atoms with E-state index in [1.165, 1.54) is 17.7 Å². The van der Waals surface area contributed by atoms with Crippen molar-refractivity contribution in [2.24, 2.45) is 11.8 Å². The number of anilines is 1. The Morgan fingerprint density at radius 1 is 1.26 bits per heavy atom. The number of rotatable bonds is 2. The van der Waals surface area contributed by atoms with Gasteiger partial charge in [0, 0.05) is 44.7 Å². The van der Waals surface area contributed by atoms with Gasteiger partial charge in [-0.3, -0.25) is 4.79 Å². The average molecular weight is 258 g/mol. The molecule has 1 aromatic carbocycles. The second-order valence-electron chi connectivity index (χ2n) is 5.97. The molecule has 1 saturated heterocycles. The molecule has 2 fully saturated rings. The number of nitrogens with zero attached hydrogens (tertiary/aromatic N) is 1. The number of para-hydroxylation sites is 1. The smallest absolute Gasteiger partial charge is 0.137 e. The Morgan fingerprint density at radius 2 is 2.05 bits per heavy atom. The van der Waals surface area contributed by atoms with E-state index in [0.29, 0.717) is 17.7 Å². The number of ketones is 1. The first-order valence-electron chi connectivity index (χ1n) is 7.21. The topological polar surface area (TPSA) is 32.3 Å². The normalized spacial score (nSPS) is 30.2. The van der Waals surface area contributed by atoms with Gasteiger partial charge in [-0.2, -0.15) is 0 Å². The van der Waals surface area contributed by atoms with E-state index >= 15 is 0 Å². The molecule has 3 heteroatoms. The summed E-state index contributed by atoms with van der Waals surface area (Å²) >= 11 is 0. The lowest BCUT2D eigenvalue weighted by Gasteiger charge is -2.29. The highest BCUT2D eigenvalue weighted by Gasteiger charge is 2.42. The maximum Gasteiger partial charge on any atom is 0.137 e. The number of Topliss-reactive ketones (excluding diaryl/α,β-unsaturated/α-hetero) is 1. The summed E-state index contributed by atoms with van der Waals surface area (Å²) in [6.45, 7) is 0.857. The number of nitrogens with one attached hydrogen (secondary N) is 1. The van der Waals surface area contributed by atoms with E-state index in [1.54, 1.807) is 0 Å². The van der Waals surface area contributed by atoms with Gasteiger partial charge in [0.1, 0.15) is 5.78 Å². The molecule has 2 aliphatic rings. The van der Waals surface area contributed by atoms with E-state index in [-0.39, 0.29) is 5.92 Å². The zero-order chi connectivity index (χ0) is 13.4. The first-order chi connectivity index (χ1) is 9.18. The van der Waals surface area contributed by atoms with Crippen molar-refractivity contribution in [2.75, 3.05) is 25.5 Å². The van der Waals surface area contributed by atoms with Gasteiger partial charge in [0.25, 0.3) is 0 Å². The Morgan fingerprint density at radius 3 is 2.84 bits per heavy atom. The summed E-state index contributed by atoms with van der Waals surface area (Å²) in [6, 6.07) is 8.88. The molecule has 1 heterocycles. The Balaban J connectivity index is 1.93. The van der Waals surface area contributed by atoms with Crippen LogP contribution in [0.3, 0.4) is 0 Å². The van der Waals surface area contributed by atoms with Crippen LogP contribution in [0.4, 0.5) is 5.69 Å². The van der Waals surface area contributed by atoms with Crippen LogP contribution in [0.25, 0.3) is 0 Å². The predicted molar refractivity (Wildman–Crippen MR) is 77.4 cm³/mol. The van der Waals surface area contributed by atoms with Gasteiger partial charge in [0.15, 0.2) is 0 Å². The fourth-order valence-electron chi connectivity index (χ4n) is 3.71. The predicted octanol–water partition coefficient (Wildman–Crippen LogP) is 2.38. The van der Waals surface area contributed by atoms with Crippen LogP contribution in [-0.4, -0.2) is 26.4 Å². The lowest BCUT2D eigenvalue weighted by atomic mass is 9.76. The largest absolute Gasteiger partial charge is 0.377 e. The van der Waals surface area contributed by atoms with Crippen molar-refractivity contribution in [3.05, 3.63) is 29.8 Å². The lowest BCUT2D eigenvalue weighted by molar-refractivity contribution is -0.125. The molecule has 3 rings (SSSR count). The molecule has 0 aromatic heterocycles. The zero-order valence-electron chi connectivity index (χ0n) is 11.7. The number of carbonyl (C=O) groups is 1. The lowest BCUT2D eigenvalue weighted by Crippen LogP contribution is -2.28. The van der Waals surface area contributed by atoms with Crippen LogP contribution in [-0.2, 0) is 4.79 Å². The molecule has 102 valence electrons. The summed E-state index contributed by atoms with van der Waals surface area (Å²) in [5, 5.41) is 3.59. The fraction of sp³-hybridized carbons (Fsp3) is 0.562. The van der Waals surface area contributed by atoms with Gasteiger partial charge < -0.3 is 10.2 Å². The monoisotopic (exact) mass is 258 g/mol. The molecule has 1 aliphatic heterocycles. The Kier molecular flexibility index (Phi) is 3.31.